The van der Waals surface area contributed by atoms with Gasteiger partial charge in [-0.3, -0.25) is 5.10 Å². The Hall–Kier alpha value is -1.43. The first-order chi connectivity index (χ1) is 9.96. The lowest BCUT2D eigenvalue weighted by Gasteiger charge is -2.28. The third kappa shape index (κ3) is 2.95. The molecule has 2 aromatic rings. The molecule has 0 aliphatic heterocycles. The van der Waals surface area contributed by atoms with Gasteiger partial charge in [0, 0.05) is 34.5 Å². The summed E-state index contributed by atoms with van der Waals surface area (Å²) in [5.41, 5.74) is 8.64. The number of H-pyrrole nitrogens is 1. The number of aromatic amines is 1. The minimum absolute atomic E-state index is 0.0587. The molecule has 1 heterocycles. The summed E-state index contributed by atoms with van der Waals surface area (Å²) in [6.45, 7) is 0. The normalized spacial score (nSPS) is 18.8. The van der Waals surface area contributed by atoms with Gasteiger partial charge in [0.2, 0.25) is 5.92 Å². The highest BCUT2D eigenvalue weighted by molar-refractivity contribution is 9.10. The highest BCUT2D eigenvalue weighted by atomic mass is 79.9. The van der Waals surface area contributed by atoms with Gasteiger partial charge >= 0.3 is 0 Å². The van der Waals surface area contributed by atoms with Crippen LogP contribution in [0, 0.1) is 0 Å². The fraction of sp³-hybridized carbons (Fsp3) is 0.400. The van der Waals surface area contributed by atoms with E-state index in [9.17, 15) is 8.78 Å². The molecule has 3 rings (SSSR count). The fourth-order valence-electron chi connectivity index (χ4n) is 2.94. The lowest BCUT2D eigenvalue weighted by Crippen LogP contribution is -2.24. The quantitative estimate of drug-likeness (QED) is 0.819. The zero-order chi connectivity index (χ0) is 15.0. The van der Waals surface area contributed by atoms with E-state index in [1.807, 2.05) is 24.3 Å². The lowest BCUT2D eigenvalue weighted by molar-refractivity contribution is -0.0384. The summed E-state index contributed by atoms with van der Waals surface area (Å²) in [5, 5.41) is 7.04. The molecule has 0 radical (unpaired) electrons. The molecule has 0 spiro atoms. The van der Waals surface area contributed by atoms with Crippen LogP contribution in [0.3, 0.4) is 0 Å². The number of halogens is 3. The van der Waals surface area contributed by atoms with E-state index in [4.69, 9.17) is 5.73 Å². The molecule has 21 heavy (non-hydrogen) atoms. The van der Waals surface area contributed by atoms with Crippen molar-refractivity contribution in [3.05, 3.63) is 34.4 Å². The van der Waals surface area contributed by atoms with Crippen molar-refractivity contribution in [1.82, 2.24) is 10.2 Å². The van der Waals surface area contributed by atoms with Crippen LogP contribution in [0.2, 0.25) is 0 Å². The molecule has 0 saturated heterocycles. The predicted octanol–water partition coefficient (Wildman–Crippen LogP) is 4.71. The molecular formula is C15H16BrF2N3. The van der Waals surface area contributed by atoms with E-state index >= 15 is 0 Å². The summed E-state index contributed by atoms with van der Waals surface area (Å²) in [6, 6.07) is 7.76. The van der Waals surface area contributed by atoms with Crippen LogP contribution in [-0.4, -0.2) is 16.1 Å². The Morgan fingerprint density at radius 1 is 1.29 bits per heavy atom. The molecule has 0 atom stereocenters. The van der Waals surface area contributed by atoms with Gasteiger partial charge < -0.3 is 5.73 Å². The lowest BCUT2D eigenvalue weighted by atomic mass is 9.82. The standard InChI is InChI=1S/C15H16BrF2N3/c16-11-3-1-2-10(8-11)12-13(20-21-14(12)19)9-4-6-15(17,18)7-5-9/h1-3,8-9H,4-7H2,(H3,19,20,21). The first-order valence-corrected chi connectivity index (χ1v) is 7.73. The van der Waals surface area contributed by atoms with Crippen LogP contribution in [0.15, 0.2) is 28.7 Å². The van der Waals surface area contributed by atoms with Crippen LogP contribution in [0.5, 0.6) is 0 Å². The van der Waals surface area contributed by atoms with Gasteiger partial charge in [-0.05, 0) is 30.5 Å². The Bertz CT molecular complexity index is 644. The number of aromatic nitrogens is 2. The van der Waals surface area contributed by atoms with Gasteiger partial charge in [0.05, 0.1) is 0 Å². The second-order valence-corrected chi connectivity index (χ2v) is 6.45. The van der Waals surface area contributed by atoms with Crippen molar-refractivity contribution in [2.45, 2.75) is 37.5 Å². The van der Waals surface area contributed by atoms with Crippen molar-refractivity contribution in [2.75, 3.05) is 5.73 Å². The number of nitrogens with one attached hydrogen (secondary N) is 1. The van der Waals surface area contributed by atoms with Gasteiger partial charge in [-0.15, -0.1) is 0 Å². The Morgan fingerprint density at radius 3 is 2.67 bits per heavy atom. The van der Waals surface area contributed by atoms with Gasteiger partial charge in [0.15, 0.2) is 5.82 Å². The second kappa shape index (κ2) is 5.40. The number of rotatable bonds is 2. The minimum Gasteiger partial charge on any atom is -0.382 e. The van der Waals surface area contributed by atoms with E-state index in [0.717, 1.165) is 21.3 Å². The molecule has 0 unspecified atom stereocenters. The molecular weight excluding hydrogens is 340 g/mol. The molecule has 0 bridgehead atoms. The number of hydrogen-bond donors (Lipinski definition) is 2. The second-order valence-electron chi connectivity index (χ2n) is 5.54. The number of hydrogen-bond acceptors (Lipinski definition) is 2. The molecule has 112 valence electrons. The van der Waals surface area contributed by atoms with Gasteiger partial charge in [0.25, 0.3) is 0 Å². The monoisotopic (exact) mass is 355 g/mol. The van der Waals surface area contributed by atoms with Gasteiger partial charge in [0.1, 0.15) is 0 Å². The van der Waals surface area contributed by atoms with E-state index in [1.54, 1.807) is 0 Å². The molecule has 1 aliphatic rings. The average molecular weight is 356 g/mol. The molecule has 6 heteroatoms. The summed E-state index contributed by atoms with van der Waals surface area (Å²) in [5.74, 6) is -2.05. The molecule has 1 fully saturated rings. The van der Waals surface area contributed by atoms with Gasteiger partial charge in [-0.25, -0.2) is 8.78 Å². The number of alkyl halides is 2. The fourth-order valence-corrected chi connectivity index (χ4v) is 3.34. The summed E-state index contributed by atoms with van der Waals surface area (Å²) < 4.78 is 27.6. The zero-order valence-corrected chi connectivity index (χ0v) is 13.0. The molecule has 3 nitrogen and oxygen atoms in total. The van der Waals surface area contributed by atoms with Crippen LogP contribution in [0.1, 0.15) is 37.3 Å². The maximum Gasteiger partial charge on any atom is 0.248 e. The molecule has 1 aliphatic carbocycles. The van der Waals surface area contributed by atoms with Crippen molar-refractivity contribution in [3.8, 4) is 11.1 Å². The van der Waals surface area contributed by atoms with Gasteiger partial charge in [-0.2, -0.15) is 5.10 Å². The minimum atomic E-state index is -2.53. The highest BCUT2D eigenvalue weighted by Gasteiger charge is 2.37. The predicted molar refractivity (Wildman–Crippen MR) is 82.3 cm³/mol. The van der Waals surface area contributed by atoms with Crippen molar-refractivity contribution in [1.29, 1.82) is 0 Å². The Morgan fingerprint density at radius 2 is 2.00 bits per heavy atom. The Kier molecular flexibility index (Phi) is 3.73. The van der Waals surface area contributed by atoms with Crippen molar-refractivity contribution < 1.29 is 8.78 Å². The Labute approximate surface area is 130 Å². The van der Waals surface area contributed by atoms with Gasteiger partial charge in [-0.1, -0.05) is 28.1 Å². The van der Waals surface area contributed by atoms with E-state index in [0.29, 0.717) is 18.7 Å². The summed E-state index contributed by atoms with van der Waals surface area (Å²) in [4.78, 5) is 0. The molecule has 0 amide bonds. The third-order valence-electron chi connectivity index (χ3n) is 4.06. The molecule has 1 aromatic carbocycles. The number of nitrogens with two attached hydrogens (primary N) is 1. The SMILES string of the molecule is Nc1n[nH]c(C2CCC(F)(F)CC2)c1-c1cccc(Br)c1. The van der Waals surface area contributed by atoms with Crippen molar-refractivity contribution in [2.24, 2.45) is 0 Å². The van der Waals surface area contributed by atoms with Crippen LogP contribution in [-0.2, 0) is 0 Å². The number of nitrogen functional groups attached to an aromatic ring is 1. The summed E-state index contributed by atoms with van der Waals surface area (Å²) >= 11 is 3.44. The van der Waals surface area contributed by atoms with Crippen LogP contribution < -0.4 is 5.73 Å². The average Bonchev–Trinajstić information content (AvgIpc) is 2.80. The van der Waals surface area contributed by atoms with E-state index < -0.39 is 5.92 Å². The number of anilines is 1. The van der Waals surface area contributed by atoms with E-state index in [-0.39, 0.29) is 18.8 Å². The smallest absolute Gasteiger partial charge is 0.248 e. The third-order valence-corrected chi connectivity index (χ3v) is 4.55. The number of benzene rings is 1. The van der Waals surface area contributed by atoms with E-state index in [1.165, 1.54) is 0 Å². The zero-order valence-electron chi connectivity index (χ0n) is 11.4. The molecule has 3 N–H and O–H groups in total. The maximum absolute atomic E-state index is 13.3. The first-order valence-electron chi connectivity index (χ1n) is 6.94. The van der Waals surface area contributed by atoms with Crippen LogP contribution in [0.4, 0.5) is 14.6 Å². The summed E-state index contributed by atoms with van der Waals surface area (Å²) in [7, 11) is 0. The Balaban J connectivity index is 1.95. The molecule has 1 saturated carbocycles. The maximum atomic E-state index is 13.3. The molecule has 1 aromatic heterocycles. The topological polar surface area (TPSA) is 54.7 Å². The highest BCUT2D eigenvalue weighted by Crippen LogP contribution is 2.44. The first kappa shape index (κ1) is 14.5. The van der Waals surface area contributed by atoms with Crippen LogP contribution in [0.25, 0.3) is 11.1 Å². The van der Waals surface area contributed by atoms with Crippen LogP contribution >= 0.6 is 15.9 Å². The summed E-state index contributed by atoms with van der Waals surface area (Å²) in [6.07, 6.45) is 0.758. The van der Waals surface area contributed by atoms with E-state index in [2.05, 4.69) is 26.1 Å². The largest absolute Gasteiger partial charge is 0.382 e. The number of nitrogens with zero attached hydrogens (tertiary/aromatic N) is 1. The van der Waals surface area contributed by atoms with Crippen molar-refractivity contribution >= 4 is 21.7 Å². The van der Waals surface area contributed by atoms with Crippen molar-refractivity contribution in [3.63, 3.8) is 0 Å².